The molecule has 0 bridgehead atoms. The Hall–Kier alpha value is -1.34. The van der Waals surface area contributed by atoms with Crippen molar-refractivity contribution in [2.75, 3.05) is 5.75 Å². The zero-order chi connectivity index (χ0) is 15.0. The van der Waals surface area contributed by atoms with Crippen LogP contribution >= 0.6 is 27.7 Å². The molecule has 0 atom stereocenters. The van der Waals surface area contributed by atoms with E-state index in [1.54, 1.807) is 0 Å². The van der Waals surface area contributed by atoms with Crippen LogP contribution in [0.3, 0.4) is 0 Å². The van der Waals surface area contributed by atoms with Gasteiger partial charge < -0.3 is 5.11 Å². The number of aromatic nitrogens is 3. The summed E-state index contributed by atoms with van der Waals surface area (Å²) < 4.78 is 3.02. The second-order valence-electron chi connectivity index (χ2n) is 5.02. The SMILES string of the molecule is Cc1c(Br)cccc1-n1c(SCC(=O)O)nnc1C1CC1. The van der Waals surface area contributed by atoms with Crippen LogP contribution in [0.5, 0.6) is 0 Å². The maximum Gasteiger partial charge on any atom is 0.313 e. The highest BCUT2D eigenvalue weighted by Gasteiger charge is 2.31. The van der Waals surface area contributed by atoms with Crippen molar-refractivity contribution in [3.05, 3.63) is 34.1 Å². The molecule has 0 unspecified atom stereocenters. The molecule has 1 saturated carbocycles. The molecule has 21 heavy (non-hydrogen) atoms. The van der Waals surface area contributed by atoms with E-state index in [9.17, 15) is 4.79 Å². The summed E-state index contributed by atoms with van der Waals surface area (Å²) in [6.07, 6.45) is 2.24. The number of carbonyl (C=O) groups is 1. The van der Waals surface area contributed by atoms with Crippen molar-refractivity contribution in [1.29, 1.82) is 0 Å². The fourth-order valence-corrected chi connectivity index (χ4v) is 3.20. The standard InChI is InChI=1S/C14H14BrN3O2S/c1-8-10(15)3-2-4-11(8)18-13(9-5-6-9)16-17-14(18)21-7-12(19)20/h2-4,9H,5-7H2,1H3,(H,19,20). The van der Waals surface area contributed by atoms with Crippen LogP contribution in [0.25, 0.3) is 5.69 Å². The number of carboxylic acids is 1. The van der Waals surface area contributed by atoms with Gasteiger partial charge in [-0.15, -0.1) is 10.2 Å². The van der Waals surface area contributed by atoms with Gasteiger partial charge in [-0.2, -0.15) is 0 Å². The Balaban J connectivity index is 2.07. The first kappa shape index (κ1) is 14.6. The Bertz CT molecular complexity index is 698. The molecule has 1 aromatic heterocycles. The van der Waals surface area contributed by atoms with Crippen molar-refractivity contribution in [3.8, 4) is 5.69 Å². The lowest BCUT2D eigenvalue weighted by atomic mass is 10.2. The van der Waals surface area contributed by atoms with Crippen molar-refractivity contribution in [2.24, 2.45) is 0 Å². The molecule has 1 fully saturated rings. The van der Waals surface area contributed by atoms with Gasteiger partial charge in [0.1, 0.15) is 5.82 Å². The Labute approximate surface area is 134 Å². The van der Waals surface area contributed by atoms with E-state index in [1.807, 2.05) is 29.7 Å². The van der Waals surface area contributed by atoms with E-state index in [0.717, 1.165) is 34.4 Å². The third kappa shape index (κ3) is 2.98. The van der Waals surface area contributed by atoms with Gasteiger partial charge in [-0.25, -0.2) is 0 Å². The van der Waals surface area contributed by atoms with E-state index in [4.69, 9.17) is 5.11 Å². The van der Waals surface area contributed by atoms with Crippen LogP contribution in [-0.4, -0.2) is 31.6 Å². The van der Waals surface area contributed by atoms with E-state index in [-0.39, 0.29) is 5.75 Å². The first-order valence-corrected chi connectivity index (χ1v) is 8.41. The average Bonchev–Trinajstić information content (AvgIpc) is 3.20. The molecule has 1 aromatic carbocycles. The van der Waals surface area contributed by atoms with Crippen LogP contribution in [0.1, 0.15) is 30.1 Å². The number of thioether (sulfide) groups is 1. The summed E-state index contributed by atoms with van der Waals surface area (Å²) in [6.45, 7) is 2.03. The molecule has 7 heteroatoms. The van der Waals surface area contributed by atoms with Crippen molar-refractivity contribution >= 4 is 33.7 Å². The van der Waals surface area contributed by atoms with Gasteiger partial charge in [0.05, 0.1) is 11.4 Å². The summed E-state index contributed by atoms with van der Waals surface area (Å²) in [5.74, 6) is 0.503. The van der Waals surface area contributed by atoms with Gasteiger partial charge >= 0.3 is 5.97 Å². The molecule has 0 spiro atoms. The van der Waals surface area contributed by atoms with Crippen LogP contribution in [0.2, 0.25) is 0 Å². The first-order valence-electron chi connectivity index (χ1n) is 6.63. The fraction of sp³-hybridized carbons (Fsp3) is 0.357. The Morgan fingerprint density at radius 1 is 1.48 bits per heavy atom. The van der Waals surface area contributed by atoms with E-state index < -0.39 is 5.97 Å². The summed E-state index contributed by atoms with van der Waals surface area (Å²) in [5, 5.41) is 18.0. The van der Waals surface area contributed by atoms with Crippen LogP contribution in [0.15, 0.2) is 27.8 Å². The zero-order valence-electron chi connectivity index (χ0n) is 11.4. The number of halogens is 1. The Morgan fingerprint density at radius 3 is 2.90 bits per heavy atom. The molecule has 1 N–H and O–H groups in total. The number of benzene rings is 1. The minimum absolute atomic E-state index is 0.0180. The monoisotopic (exact) mass is 367 g/mol. The van der Waals surface area contributed by atoms with E-state index in [2.05, 4.69) is 26.1 Å². The highest BCUT2D eigenvalue weighted by atomic mass is 79.9. The predicted octanol–water partition coefficient (Wildman–Crippen LogP) is 3.39. The zero-order valence-corrected chi connectivity index (χ0v) is 13.8. The van der Waals surface area contributed by atoms with Gasteiger partial charge in [0.2, 0.25) is 0 Å². The van der Waals surface area contributed by atoms with E-state index in [0.29, 0.717) is 11.1 Å². The van der Waals surface area contributed by atoms with Crippen LogP contribution in [0.4, 0.5) is 0 Å². The summed E-state index contributed by atoms with van der Waals surface area (Å²) in [5.41, 5.74) is 2.10. The third-order valence-electron chi connectivity index (χ3n) is 3.41. The summed E-state index contributed by atoms with van der Waals surface area (Å²) in [7, 11) is 0. The Kier molecular flexibility index (Phi) is 4.03. The molecule has 3 rings (SSSR count). The van der Waals surface area contributed by atoms with Gasteiger partial charge in [-0.1, -0.05) is 33.8 Å². The second kappa shape index (κ2) is 5.81. The van der Waals surface area contributed by atoms with Crippen LogP contribution in [0, 0.1) is 6.92 Å². The van der Waals surface area contributed by atoms with E-state index in [1.165, 1.54) is 11.8 Å². The topological polar surface area (TPSA) is 68.0 Å². The summed E-state index contributed by atoms with van der Waals surface area (Å²) in [4.78, 5) is 10.8. The molecule has 0 radical (unpaired) electrons. The minimum Gasteiger partial charge on any atom is -0.481 e. The van der Waals surface area contributed by atoms with Gasteiger partial charge in [0, 0.05) is 10.4 Å². The maximum absolute atomic E-state index is 10.8. The highest BCUT2D eigenvalue weighted by molar-refractivity contribution is 9.10. The highest BCUT2D eigenvalue weighted by Crippen LogP contribution is 2.41. The third-order valence-corrected chi connectivity index (χ3v) is 5.18. The molecule has 110 valence electrons. The van der Waals surface area contributed by atoms with Crippen molar-refractivity contribution in [2.45, 2.75) is 30.8 Å². The Morgan fingerprint density at radius 2 is 2.24 bits per heavy atom. The lowest BCUT2D eigenvalue weighted by Crippen LogP contribution is -2.06. The van der Waals surface area contributed by atoms with Gasteiger partial charge in [0.15, 0.2) is 5.16 Å². The van der Waals surface area contributed by atoms with Gasteiger partial charge in [-0.3, -0.25) is 9.36 Å². The number of hydrogen-bond donors (Lipinski definition) is 1. The lowest BCUT2D eigenvalue weighted by molar-refractivity contribution is -0.133. The number of hydrogen-bond acceptors (Lipinski definition) is 4. The molecular formula is C14H14BrN3O2S. The van der Waals surface area contributed by atoms with Crippen LogP contribution in [-0.2, 0) is 4.79 Å². The number of nitrogens with zero attached hydrogens (tertiary/aromatic N) is 3. The van der Waals surface area contributed by atoms with Crippen molar-refractivity contribution in [1.82, 2.24) is 14.8 Å². The number of rotatable bonds is 5. The fourth-order valence-electron chi connectivity index (χ4n) is 2.17. The van der Waals surface area contributed by atoms with Gasteiger partial charge in [0.25, 0.3) is 0 Å². The molecule has 1 aliphatic rings. The molecular weight excluding hydrogens is 354 g/mol. The largest absolute Gasteiger partial charge is 0.481 e. The smallest absolute Gasteiger partial charge is 0.313 e. The predicted molar refractivity (Wildman–Crippen MR) is 84.1 cm³/mol. The molecule has 1 heterocycles. The first-order chi connectivity index (χ1) is 10.1. The molecule has 2 aromatic rings. The minimum atomic E-state index is -0.853. The molecule has 5 nitrogen and oxygen atoms in total. The normalized spacial score (nSPS) is 14.4. The lowest BCUT2D eigenvalue weighted by Gasteiger charge is -2.13. The van der Waals surface area contributed by atoms with E-state index >= 15 is 0 Å². The molecule has 1 aliphatic carbocycles. The van der Waals surface area contributed by atoms with Crippen molar-refractivity contribution < 1.29 is 9.90 Å². The molecule has 0 aliphatic heterocycles. The molecule has 0 amide bonds. The quantitative estimate of drug-likeness (QED) is 0.820. The number of carboxylic acid groups (broad SMARTS) is 1. The maximum atomic E-state index is 10.8. The number of aliphatic carboxylic acids is 1. The molecule has 0 saturated heterocycles. The average molecular weight is 368 g/mol. The van der Waals surface area contributed by atoms with Gasteiger partial charge in [-0.05, 0) is 37.5 Å². The van der Waals surface area contributed by atoms with Crippen molar-refractivity contribution in [3.63, 3.8) is 0 Å². The summed E-state index contributed by atoms with van der Waals surface area (Å²) >= 11 is 4.75. The van der Waals surface area contributed by atoms with Crippen LogP contribution < -0.4 is 0 Å². The second-order valence-corrected chi connectivity index (χ2v) is 6.81. The summed E-state index contributed by atoms with van der Waals surface area (Å²) in [6, 6.07) is 5.97.